The van der Waals surface area contributed by atoms with Crippen LogP contribution in [0.25, 0.3) is 11.1 Å². The number of anilines is 1. The van der Waals surface area contributed by atoms with Crippen LogP contribution < -0.4 is 5.73 Å². The first kappa shape index (κ1) is 15.0. The van der Waals surface area contributed by atoms with E-state index in [-0.39, 0.29) is 0 Å². The molecule has 0 saturated carbocycles. The minimum absolute atomic E-state index is 0.981. The average Bonchev–Trinajstić information content (AvgIpc) is 3.01. The zero-order valence-electron chi connectivity index (χ0n) is 14.0. The molecule has 0 aromatic heterocycles. The van der Waals surface area contributed by atoms with Gasteiger partial charge in [-0.05, 0) is 59.1 Å². The third-order valence-electron chi connectivity index (χ3n) is 5.13. The fourth-order valence-electron chi connectivity index (χ4n) is 3.79. The summed E-state index contributed by atoms with van der Waals surface area (Å²) in [5.74, 6) is 0. The van der Waals surface area contributed by atoms with Gasteiger partial charge in [-0.15, -0.1) is 0 Å². The number of hydrogen-bond donors (Lipinski definition) is 1. The third kappa shape index (κ3) is 2.82. The molecule has 4 rings (SSSR count). The van der Waals surface area contributed by atoms with E-state index >= 15 is 0 Å². The smallest absolute Gasteiger partial charge is 0.0388 e. The Hall–Kier alpha value is -2.54. The standard InChI is InChI=1S/C23H23N/c24-23-18(11-5-4-10-17-8-2-1-3-9-17)14-15-21-20-13-7-6-12-19(20)16-22(21)23/h1-3,6-9,12-15H,4-5,10-11,16,24H2. The van der Waals surface area contributed by atoms with Gasteiger partial charge in [0.2, 0.25) is 0 Å². The molecule has 1 aliphatic rings. The van der Waals surface area contributed by atoms with Crippen LogP contribution in [-0.4, -0.2) is 0 Å². The van der Waals surface area contributed by atoms with E-state index in [1.807, 2.05) is 0 Å². The first-order valence-corrected chi connectivity index (χ1v) is 8.85. The Morgan fingerprint density at radius 2 is 1.46 bits per heavy atom. The Morgan fingerprint density at radius 3 is 2.33 bits per heavy atom. The van der Waals surface area contributed by atoms with Crippen molar-refractivity contribution < 1.29 is 0 Å². The number of aryl methyl sites for hydroxylation is 2. The molecule has 0 spiro atoms. The number of unbranched alkanes of at least 4 members (excludes halogenated alkanes) is 1. The van der Waals surface area contributed by atoms with E-state index in [1.54, 1.807) is 0 Å². The summed E-state index contributed by atoms with van der Waals surface area (Å²) in [6.45, 7) is 0. The highest BCUT2D eigenvalue weighted by molar-refractivity contribution is 5.82. The first-order chi connectivity index (χ1) is 11.8. The molecule has 1 nitrogen and oxygen atoms in total. The largest absolute Gasteiger partial charge is 0.398 e. The molecule has 0 bridgehead atoms. The molecule has 0 saturated heterocycles. The van der Waals surface area contributed by atoms with Gasteiger partial charge >= 0.3 is 0 Å². The molecule has 3 aromatic carbocycles. The summed E-state index contributed by atoms with van der Waals surface area (Å²) >= 11 is 0. The number of benzene rings is 3. The van der Waals surface area contributed by atoms with Crippen molar-refractivity contribution >= 4 is 5.69 Å². The number of rotatable bonds is 5. The SMILES string of the molecule is Nc1c(CCCCc2ccccc2)ccc2c1Cc1ccccc1-2. The molecule has 0 unspecified atom stereocenters. The summed E-state index contributed by atoms with van der Waals surface area (Å²) in [7, 11) is 0. The molecule has 0 amide bonds. The Morgan fingerprint density at radius 1 is 0.708 bits per heavy atom. The van der Waals surface area contributed by atoms with Crippen molar-refractivity contribution in [3.8, 4) is 11.1 Å². The van der Waals surface area contributed by atoms with Gasteiger partial charge in [0, 0.05) is 12.1 Å². The Bertz CT molecular complexity index is 849. The number of fused-ring (bicyclic) bond motifs is 3. The van der Waals surface area contributed by atoms with E-state index in [2.05, 4.69) is 66.7 Å². The third-order valence-corrected chi connectivity index (χ3v) is 5.13. The number of nitrogen functional groups attached to an aromatic ring is 1. The topological polar surface area (TPSA) is 26.0 Å². The van der Waals surface area contributed by atoms with E-state index in [0.717, 1.165) is 24.9 Å². The highest BCUT2D eigenvalue weighted by Crippen LogP contribution is 2.40. The molecule has 0 atom stereocenters. The van der Waals surface area contributed by atoms with Crippen LogP contribution in [0.3, 0.4) is 0 Å². The Kier molecular flexibility index (Phi) is 4.08. The van der Waals surface area contributed by atoms with Gasteiger partial charge in [0.05, 0.1) is 0 Å². The summed E-state index contributed by atoms with van der Waals surface area (Å²) in [6, 6.07) is 23.9. The maximum absolute atomic E-state index is 6.51. The lowest BCUT2D eigenvalue weighted by Crippen LogP contribution is -2.00. The van der Waals surface area contributed by atoms with Crippen molar-refractivity contribution in [1.29, 1.82) is 0 Å². The molecule has 0 radical (unpaired) electrons. The molecule has 3 aromatic rings. The number of nitrogens with two attached hydrogens (primary N) is 1. The maximum Gasteiger partial charge on any atom is 0.0388 e. The van der Waals surface area contributed by atoms with Crippen molar-refractivity contribution in [3.05, 3.63) is 89.0 Å². The zero-order chi connectivity index (χ0) is 16.4. The molecular formula is C23H23N. The van der Waals surface area contributed by atoms with Crippen LogP contribution in [0.4, 0.5) is 5.69 Å². The molecule has 1 heteroatoms. The van der Waals surface area contributed by atoms with Crippen LogP contribution in [0, 0.1) is 0 Å². The zero-order valence-corrected chi connectivity index (χ0v) is 14.0. The quantitative estimate of drug-likeness (QED) is 0.387. The molecule has 0 heterocycles. The van der Waals surface area contributed by atoms with Crippen molar-refractivity contribution in [1.82, 2.24) is 0 Å². The second-order valence-corrected chi connectivity index (χ2v) is 6.69. The van der Waals surface area contributed by atoms with Crippen LogP contribution in [-0.2, 0) is 19.3 Å². The van der Waals surface area contributed by atoms with Crippen molar-refractivity contribution in [3.63, 3.8) is 0 Å². The van der Waals surface area contributed by atoms with Gasteiger partial charge in [-0.3, -0.25) is 0 Å². The Labute approximate surface area is 144 Å². The molecular weight excluding hydrogens is 290 g/mol. The maximum atomic E-state index is 6.51. The summed E-state index contributed by atoms with van der Waals surface area (Å²) in [5.41, 5.74) is 15.7. The molecule has 24 heavy (non-hydrogen) atoms. The summed E-state index contributed by atoms with van der Waals surface area (Å²) in [4.78, 5) is 0. The summed E-state index contributed by atoms with van der Waals surface area (Å²) in [6.07, 6.45) is 5.60. The van der Waals surface area contributed by atoms with Gasteiger partial charge in [-0.2, -0.15) is 0 Å². The van der Waals surface area contributed by atoms with Crippen LogP contribution in [0.5, 0.6) is 0 Å². The lowest BCUT2D eigenvalue weighted by atomic mass is 9.97. The van der Waals surface area contributed by atoms with E-state index in [1.165, 1.54) is 46.2 Å². The van der Waals surface area contributed by atoms with E-state index in [9.17, 15) is 0 Å². The predicted octanol–water partition coefficient (Wildman–Crippen LogP) is 5.41. The minimum Gasteiger partial charge on any atom is -0.398 e. The van der Waals surface area contributed by atoms with Gasteiger partial charge in [-0.1, -0.05) is 66.7 Å². The van der Waals surface area contributed by atoms with Gasteiger partial charge in [0.1, 0.15) is 0 Å². The second-order valence-electron chi connectivity index (χ2n) is 6.69. The van der Waals surface area contributed by atoms with Gasteiger partial charge in [0.25, 0.3) is 0 Å². The minimum atomic E-state index is 0.981. The van der Waals surface area contributed by atoms with Crippen molar-refractivity contribution in [2.75, 3.05) is 5.73 Å². The van der Waals surface area contributed by atoms with E-state index < -0.39 is 0 Å². The van der Waals surface area contributed by atoms with E-state index in [4.69, 9.17) is 5.73 Å². The van der Waals surface area contributed by atoms with Gasteiger partial charge < -0.3 is 5.73 Å². The van der Waals surface area contributed by atoms with Gasteiger partial charge in [0.15, 0.2) is 0 Å². The van der Waals surface area contributed by atoms with Crippen molar-refractivity contribution in [2.45, 2.75) is 32.1 Å². The highest BCUT2D eigenvalue weighted by atomic mass is 14.6. The summed E-state index contributed by atoms with van der Waals surface area (Å²) in [5, 5.41) is 0. The van der Waals surface area contributed by atoms with E-state index in [0.29, 0.717) is 0 Å². The Balaban J connectivity index is 1.43. The van der Waals surface area contributed by atoms with Crippen LogP contribution >= 0.6 is 0 Å². The molecule has 120 valence electrons. The molecule has 1 aliphatic carbocycles. The van der Waals surface area contributed by atoms with Crippen LogP contribution in [0.15, 0.2) is 66.7 Å². The molecule has 2 N–H and O–H groups in total. The number of hydrogen-bond acceptors (Lipinski definition) is 1. The van der Waals surface area contributed by atoms with Crippen molar-refractivity contribution in [2.24, 2.45) is 0 Å². The monoisotopic (exact) mass is 313 g/mol. The fraction of sp³-hybridized carbons (Fsp3) is 0.217. The predicted molar refractivity (Wildman–Crippen MR) is 102 cm³/mol. The molecule has 0 aliphatic heterocycles. The average molecular weight is 313 g/mol. The lowest BCUT2D eigenvalue weighted by Gasteiger charge is -2.11. The van der Waals surface area contributed by atoms with Crippen LogP contribution in [0.2, 0.25) is 0 Å². The fourth-order valence-corrected chi connectivity index (χ4v) is 3.79. The second kappa shape index (κ2) is 6.52. The van der Waals surface area contributed by atoms with Crippen LogP contribution in [0.1, 0.15) is 35.1 Å². The highest BCUT2D eigenvalue weighted by Gasteiger charge is 2.21. The normalized spacial score (nSPS) is 12.0. The molecule has 0 fully saturated rings. The van der Waals surface area contributed by atoms with Gasteiger partial charge in [-0.25, -0.2) is 0 Å². The lowest BCUT2D eigenvalue weighted by molar-refractivity contribution is 0.735. The first-order valence-electron chi connectivity index (χ1n) is 8.85. The summed E-state index contributed by atoms with van der Waals surface area (Å²) < 4.78 is 0.